The van der Waals surface area contributed by atoms with Crippen LogP contribution in [0, 0.1) is 0 Å². The molecule has 0 bridgehead atoms. The molecule has 3 aromatic heterocycles. The van der Waals surface area contributed by atoms with E-state index < -0.39 is 0 Å². The van der Waals surface area contributed by atoms with Gasteiger partial charge in [-0.3, -0.25) is 4.40 Å². The van der Waals surface area contributed by atoms with E-state index in [-0.39, 0.29) is 0 Å². The molecule has 8 heteroatoms. The maximum Gasteiger partial charge on any atom is 0.191 e. The molecule has 0 radical (unpaired) electrons. The van der Waals surface area contributed by atoms with Crippen molar-refractivity contribution in [1.29, 1.82) is 0 Å². The van der Waals surface area contributed by atoms with E-state index in [2.05, 4.69) is 50.2 Å². The highest BCUT2D eigenvalue weighted by molar-refractivity contribution is 7.14. The molecule has 3 aromatic rings. The smallest absolute Gasteiger partial charge is 0.191 e. The largest absolute Gasteiger partial charge is 0.363 e. The number of guanidine groups is 1. The lowest BCUT2D eigenvalue weighted by Crippen LogP contribution is -2.48. The van der Waals surface area contributed by atoms with Crippen molar-refractivity contribution in [3.63, 3.8) is 0 Å². The summed E-state index contributed by atoms with van der Waals surface area (Å²) >= 11 is 1.81. The number of pyridine rings is 1. The second-order valence-corrected chi connectivity index (χ2v) is 7.52. The molecule has 4 rings (SSSR count). The number of anilines is 1. The molecule has 0 aliphatic carbocycles. The normalized spacial score (nSPS) is 16.0. The summed E-state index contributed by atoms with van der Waals surface area (Å²) in [5.41, 5.74) is 0.849. The lowest BCUT2D eigenvalue weighted by Gasteiger charge is -2.33. The third-order valence-electron chi connectivity index (χ3n) is 4.76. The quantitative estimate of drug-likeness (QED) is 0.523. The number of rotatable bonds is 5. The SMILES string of the molecule is CCNC(=NCc1nnc2ccccn12)NC1CCN(c2cccs2)CC1. The van der Waals surface area contributed by atoms with Gasteiger partial charge in [-0.25, -0.2) is 4.99 Å². The number of hydrogen-bond donors (Lipinski definition) is 2. The molecule has 0 spiro atoms. The van der Waals surface area contributed by atoms with Crippen LogP contribution in [0.2, 0.25) is 0 Å². The van der Waals surface area contributed by atoms with E-state index in [1.165, 1.54) is 5.00 Å². The molecule has 0 saturated carbocycles. The second-order valence-electron chi connectivity index (χ2n) is 6.60. The fourth-order valence-electron chi connectivity index (χ4n) is 3.36. The van der Waals surface area contributed by atoms with Gasteiger partial charge in [-0.15, -0.1) is 21.5 Å². The Morgan fingerprint density at radius 3 is 2.89 bits per heavy atom. The van der Waals surface area contributed by atoms with Crippen molar-refractivity contribution in [3.8, 4) is 0 Å². The average Bonchev–Trinajstić information content (AvgIpc) is 3.37. The Morgan fingerprint density at radius 2 is 2.11 bits per heavy atom. The minimum absolute atomic E-state index is 0.439. The number of aliphatic imine (C=N–C) groups is 1. The third kappa shape index (κ3) is 4.21. The number of aromatic nitrogens is 3. The van der Waals surface area contributed by atoms with Gasteiger partial charge in [0.05, 0.1) is 5.00 Å². The van der Waals surface area contributed by atoms with E-state index in [0.29, 0.717) is 12.6 Å². The van der Waals surface area contributed by atoms with Crippen molar-refractivity contribution in [3.05, 3.63) is 47.7 Å². The van der Waals surface area contributed by atoms with Gasteiger partial charge >= 0.3 is 0 Å². The molecule has 7 nitrogen and oxygen atoms in total. The summed E-state index contributed by atoms with van der Waals surface area (Å²) in [4.78, 5) is 7.20. The molecule has 27 heavy (non-hydrogen) atoms. The molecule has 0 atom stereocenters. The highest BCUT2D eigenvalue weighted by Crippen LogP contribution is 2.24. The van der Waals surface area contributed by atoms with Gasteiger partial charge in [-0.1, -0.05) is 6.07 Å². The number of fused-ring (bicyclic) bond motifs is 1. The predicted octanol–water partition coefficient (Wildman–Crippen LogP) is 2.51. The van der Waals surface area contributed by atoms with Crippen LogP contribution in [0.1, 0.15) is 25.6 Å². The Balaban J connectivity index is 1.37. The highest BCUT2D eigenvalue weighted by atomic mass is 32.1. The maximum atomic E-state index is 4.73. The molecule has 0 amide bonds. The molecule has 1 aliphatic rings. The molecule has 2 N–H and O–H groups in total. The van der Waals surface area contributed by atoms with Gasteiger partial charge in [0.2, 0.25) is 0 Å². The number of hydrogen-bond acceptors (Lipinski definition) is 5. The highest BCUT2D eigenvalue weighted by Gasteiger charge is 2.20. The van der Waals surface area contributed by atoms with Gasteiger partial charge < -0.3 is 15.5 Å². The molecular formula is C19H25N7S. The van der Waals surface area contributed by atoms with E-state index in [1.807, 2.05) is 40.1 Å². The van der Waals surface area contributed by atoms with Gasteiger partial charge in [-0.2, -0.15) is 0 Å². The zero-order valence-corrected chi connectivity index (χ0v) is 16.3. The van der Waals surface area contributed by atoms with Gasteiger partial charge in [-0.05, 0) is 49.4 Å². The van der Waals surface area contributed by atoms with E-state index in [9.17, 15) is 0 Å². The van der Waals surface area contributed by atoms with Crippen LogP contribution in [-0.4, -0.2) is 46.2 Å². The summed E-state index contributed by atoms with van der Waals surface area (Å²) in [6, 6.07) is 10.7. The van der Waals surface area contributed by atoms with E-state index in [0.717, 1.165) is 49.9 Å². The molecule has 142 valence electrons. The summed E-state index contributed by atoms with van der Waals surface area (Å²) in [7, 11) is 0. The number of nitrogens with one attached hydrogen (secondary N) is 2. The fourth-order valence-corrected chi connectivity index (χ4v) is 4.14. The molecule has 1 aliphatic heterocycles. The molecule has 1 saturated heterocycles. The first-order valence-corrected chi connectivity index (χ1v) is 10.3. The number of nitrogens with zero attached hydrogens (tertiary/aromatic N) is 5. The van der Waals surface area contributed by atoms with Crippen molar-refractivity contribution in [1.82, 2.24) is 25.2 Å². The molecule has 0 aromatic carbocycles. The minimum Gasteiger partial charge on any atom is -0.363 e. The van der Waals surface area contributed by atoms with Crippen molar-refractivity contribution >= 4 is 27.9 Å². The Hall–Kier alpha value is -2.61. The Labute approximate surface area is 163 Å². The first kappa shape index (κ1) is 17.8. The van der Waals surface area contributed by atoms with Crippen LogP contribution in [0.5, 0.6) is 0 Å². The van der Waals surface area contributed by atoms with Crippen molar-refractivity contribution in [2.24, 2.45) is 4.99 Å². The molecule has 1 fully saturated rings. The first-order chi connectivity index (χ1) is 13.3. The summed E-state index contributed by atoms with van der Waals surface area (Å²) in [5.74, 6) is 1.69. The topological polar surface area (TPSA) is 69.8 Å². The molecule has 4 heterocycles. The minimum atomic E-state index is 0.439. The monoisotopic (exact) mass is 383 g/mol. The summed E-state index contributed by atoms with van der Waals surface area (Å²) in [6.07, 6.45) is 4.19. The van der Waals surface area contributed by atoms with Crippen LogP contribution in [0.25, 0.3) is 5.65 Å². The second kappa shape index (κ2) is 8.39. The van der Waals surface area contributed by atoms with Gasteiger partial charge in [0.15, 0.2) is 17.4 Å². The lowest BCUT2D eigenvalue weighted by molar-refractivity contribution is 0.462. The average molecular weight is 384 g/mol. The van der Waals surface area contributed by atoms with Crippen LogP contribution in [0.4, 0.5) is 5.00 Å². The standard InChI is InChI=1S/C19H25N7S/c1-2-20-19(21-14-17-24-23-16-6-3-4-10-26(16)17)22-15-8-11-25(12-9-15)18-7-5-13-27-18/h3-7,10,13,15H,2,8-9,11-12,14H2,1H3,(H2,20,21,22). The number of thiophene rings is 1. The third-order valence-corrected chi connectivity index (χ3v) is 5.69. The number of piperidine rings is 1. The Kier molecular flexibility index (Phi) is 5.53. The molecular weight excluding hydrogens is 358 g/mol. The fraction of sp³-hybridized carbons (Fsp3) is 0.421. The van der Waals surface area contributed by atoms with Gasteiger partial charge in [0.1, 0.15) is 6.54 Å². The van der Waals surface area contributed by atoms with E-state index in [4.69, 9.17) is 4.99 Å². The maximum absolute atomic E-state index is 4.73. The first-order valence-electron chi connectivity index (χ1n) is 9.45. The van der Waals surface area contributed by atoms with Gasteiger partial charge in [0.25, 0.3) is 0 Å². The van der Waals surface area contributed by atoms with Crippen molar-refractivity contribution < 1.29 is 0 Å². The van der Waals surface area contributed by atoms with Gasteiger partial charge in [0, 0.05) is 31.9 Å². The zero-order valence-electron chi connectivity index (χ0n) is 15.5. The van der Waals surface area contributed by atoms with Crippen LogP contribution in [0.3, 0.4) is 0 Å². The van der Waals surface area contributed by atoms with Crippen LogP contribution in [0.15, 0.2) is 46.9 Å². The zero-order chi connectivity index (χ0) is 18.5. The Morgan fingerprint density at radius 1 is 1.22 bits per heavy atom. The van der Waals surface area contributed by atoms with Crippen molar-refractivity contribution in [2.45, 2.75) is 32.4 Å². The predicted molar refractivity (Wildman–Crippen MR) is 110 cm³/mol. The van der Waals surface area contributed by atoms with E-state index in [1.54, 1.807) is 0 Å². The Bertz CT molecular complexity index is 879. The van der Waals surface area contributed by atoms with Crippen LogP contribution in [-0.2, 0) is 6.54 Å². The summed E-state index contributed by atoms with van der Waals surface area (Å²) in [5, 5.41) is 18.9. The summed E-state index contributed by atoms with van der Waals surface area (Å²) in [6.45, 7) is 5.57. The summed E-state index contributed by atoms with van der Waals surface area (Å²) < 4.78 is 1.98. The van der Waals surface area contributed by atoms with Crippen molar-refractivity contribution in [2.75, 3.05) is 24.5 Å². The lowest BCUT2D eigenvalue weighted by atomic mass is 10.1. The van der Waals surface area contributed by atoms with Crippen LogP contribution >= 0.6 is 11.3 Å². The van der Waals surface area contributed by atoms with E-state index >= 15 is 0 Å². The molecule has 0 unspecified atom stereocenters. The van der Waals surface area contributed by atoms with Crippen LogP contribution < -0.4 is 15.5 Å².